The molecular formula is C28H46O. The van der Waals surface area contributed by atoms with Crippen LogP contribution in [0.3, 0.4) is 0 Å². The Balaban J connectivity index is 1.51. The first kappa shape index (κ1) is 21.6. The van der Waals surface area contributed by atoms with Gasteiger partial charge in [0.25, 0.3) is 0 Å². The molecule has 0 radical (unpaired) electrons. The Kier molecular flexibility index (Phi) is 5.84. The summed E-state index contributed by atoms with van der Waals surface area (Å²) in [5.74, 6) is 6.97. The molecule has 1 heteroatoms. The predicted molar refractivity (Wildman–Crippen MR) is 123 cm³/mol. The fraction of sp³-hybridized carbons (Fsp3) is 0.893. The lowest BCUT2D eigenvalue weighted by Crippen LogP contribution is -2.53. The van der Waals surface area contributed by atoms with Gasteiger partial charge in [-0.1, -0.05) is 53.7 Å². The van der Waals surface area contributed by atoms with E-state index in [1.54, 1.807) is 0 Å². The molecule has 4 aliphatic carbocycles. The zero-order valence-electron chi connectivity index (χ0n) is 20.0. The molecule has 0 spiro atoms. The van der Waals surface area contributed by atoms with Gasteiger partial charge in [-0.3, -0.25) is 4.79 Å². The van der Waals surface area contributed by atoms with Gasteiger partial charge < -0.3 is 0 Å². The summed E-state index contributed by atoms with van der Waals surface area (Å²) in [7, 11) is 0. The molecular weight excluding hydrogens is 352 g/mol. The highest BCUT2D eigenvalue weighted by molar-refractivity contribution is 5.79. The number of carbonyl (C=O) groups excluding carboxylic acids is 1. The molecule has 4 rings (SSSR count). The highest BCUT2D eigenvalue weighted by Gasteiger charge is 2.60. The Labute approximate surface area is 180 Å². The summed E-state index contributed by atoms with van der Waals surface area (Å²) >= 11 is 0. The molecule has 0 saturated heterocycles. The second-order valence-corrected chi connectivity index (χ2v) is 12.5. The Hall–Kier alpha value is -0.590. The van der Waals surface area contributed by atoms with Crippen LogP contribution in [0.25, 0.3) is 0 Å². The fourth-order valence-electron chi connectivity index (χ4n) is 8.66. The fourth-order valence-corrected chi connectivity index (χ4v) is 8.66. The first-order valence-corrected chi connectivity index (χ1v) is 12.9. The Bertz CT molecular complexity index is 647. The van der Waals surface area contributed by atoms with E-state index in [0.29, 0.717) is 34.4 Å². The van der Waals surface area contributed by atoms with Gasteiger partial charge >= 0.3 is 0 Å². The third-order valence-electron chi connectivity index (χ3n) is 11.0. The van der Waals surface area contributed by atoms with Gasteiger partial charge in [-0.15, -0.1) is 0 Å². The second kappa shape index (κ2) is 7.83. The summed E-state index contributed by atoms with van der Waals surface area (Å²) in [6, 6.07) is 0. The van der Waals surface area contributed by atoms with Crippen LogP contribution in [0, 0.1) is 58.2 Å². The maximum absolute atomic E-state index is 12.1. The monoisotopic (exact) mass is 398 g/mol. The first-order valence-electron chi connectivity index (χ1n) is 12.9. The summed E-state index contributed by atoms with van der Waals surface area (Å²) in [4.78, 5) is 12.1. The third kappa shape index (κ3) is 3.57. The van der Waals surface area contributed by atoms with Gasteiger partial charge in [0.2, 0.25) is 0 Å². The number of carbonyl (C=O) groups is 1. The van der Waals surface area contributed by atoms with Crippen molar-refractivity contribution in [2.45, 2.75) is 99.3 Å². The van der Waals surface area contributed by atoms with Crippen LogP contribution in [-0.4, -0.2) is 5.78 Å². The molecule has 0 aromatic carbocycles. The Morgan fingerprint density at radius 2 is 1.59 bits per heavy atom. The Morgan fingerprint density at radius 3 is 2.31 bits per heavy atom. The number of Topliss-reactive ketones (excluding diaryl/α,β-unsaturated/α-hetero) is 1. The average Bonchev–Trinajstić information content (AvgIpc) is 3.03. The lowest BCUT2D eigenvalue weighted by Gasteiger charge is -2.60. The molecule has 29 heavy (non-hydrogen) atoms. The molecule has 4 fully saturated rings. The zero-order chi connectivity index (χ0) is 21.0. The SMILES string of the molecule is CC(C)C(C)C=C[C@@H](C)[C@H]1CC[C@H]2[C@@H]3CCC4CC(=O)CC[C@]4(C)[C@H]3CC[C@]12C. The van der Waals surface area contributed by atoms with Crippen LogP contribution in [0.5, 0.6) is 0 Å². The lowest BCUT2D eigenvalue weighted by atomic mass is 9.44. The molecule has 0 N–H and O–H groups in total. The van der Waals surface area contributed by atoms with E-state index in [-0.39, 0.29) is 0 Å². The summed E-state index contributed by atoms with van der Waals surface area (Å²) in [5, 5.41) is 0. The molecule has 4 saturated carbocycles. The van der Waals surface area contributed by atoms with Crippen molar-refractivity contribution in [2.75, 3.05) is 0 Å². The molecule has 1 nitrogen and oxygen atoms in total. The van der Waals surface area contributed by atoms with E-state index in [0.717, 1.165) is 42.4 Å². The van der Waals surface area contributed by atoms with E-state index in [9.17, 15) is 4.79 Å². The minimum absolute atomic E-state index is 0.453. The van der Waals surface area contributed by atoms with Gasteiger partial charge in [-0.25, -0.2) is 0 Å². The molecule has 0 aliphatic heterocycles. The molecule has 9 atom stereocenters. The number of hydrogen-bond donors (Lipinski definition) is 0. The second-order valence-electron chi connectivity index (χ2n) is 12.5. The van der Waals surface area contributed by atoms with Crippen molar-refractivity contribution in [1.29, 1.82) is 0 Å². The standard InChI is InChI=1S/C28H46O/c1-18(2)19(3)7-8-20(4)24-11-12-25-23-10-9-21-17-22(29)13-15-27(21,5)26(23)14-16-28(24,25)6/h7-8,18-21,23-26H,9-17H2,1-6H3/t19?,20-,21?,23+,24-,25+,26+,27+,28-/m1/s1. The largest absolute Gasteiger partial charge is 0.300 e. The third-order valence-corrected chi connectivity index (χ3v) is 11.0. The van der Waals surface area contributed by atoms with Crippen molar-refractivity contribution in [3.05, 3.63) is 12.2 Å². The number of rotatable bonds is 4. The number of hydrogen-bond acceptors (Lipinski definition) is 1. The quantitative estimate of drug-likeness (QED) is 0.443. The van der Waals surface area contributed by atoms with Crippen LogP contribution in [0.1, 0.15) is 99.3 Å². The van der Waals surface area contributed by atoms with Crippen LogP contribution < -0.4 is 0 Å². The normalized spacial score (nSPS) is 47.0. The van der Waals surface area contributed by atoms with E-state index in [1.165, 1.54) is 44.9 Å². The molecule has 4 aliphatic rings. The minimum atomic E-state index is 0.453. The van der Waals surface area contributed by atoms with Gasteiger partial charge in [0.1, 0.15) is 5.78 Å². The van der Waals surface area contributed by atoms with Crippen molar-refractivity contribution in [2.24, 2.45) is 58.2 Å². The molecule has 0 aromatic rings. The van der Waals surface area contributed by atoms with Gasteiger partial charge in [-0.2, -0.15) is 0 Å². The van der Waals surface area contributed by atoms with Crippen LogP contribution in [0.4, 0.5) is 0 Å². The summed E-state index contributed by atoms with van der Waals surface area (Å²) < 4.78 is 0. The number of allylic oxidation sites excluding steroid dienone is 2. The van der Waals surface area contributed by atoms with E-state index < -0.39 is 0 Å². The minimum Gasteiger partial charge on any atom is -0.300 e. The molecule has 164 valence electrons. The van der Waals surface area contributed by atoms with Crippen LogP contribution in [-0.2, 0) is 4.79 Å². The van der Waals surface area contributed by atoms with Crippen molar-refractivity contribution in [1.82, 2.24) is 0 Å². The molecule has 0 heterocycles. The van der Waals surface area contributed by atoms with Crippen LogP contribution in [0.15, 0.2) is 12.2 Å². The lowest BCUT2D eigenvalue weighted by molar-refractivity contribution is -0.140. The van der Waals surface area contributed by atoms with E-state index >= 15 is 0 Å². The van der Waals surface area contributed by atoms with Crippen LogP contribution in [0.2, 0.25) is 0 Å². The molecule has 0 aromatic heterocycles. The van der Waals surface area contributed by atoms with Gasteiger partial charge in [-0.05, 0) is 103 Å². The van der Waals surface area contributed by atoms with Crippen molar-refractivity contribution in [3.63, 3.8) is 0 Å². The predicted octanol–water partition coefficient (Wildman–Crippen LogP) is 7.70. The Morgan fingerprint density at radius 1 is 0.862 bits per heavy atom. The zero-order valence-corrected chi connectivity index (χ0v) is 20.0. The van der Waals surface area contributed by atoms with E-state index in [2.05, 4.69) is 53.7 Å². The number of fused-ring (bicyclic) bond motifs is 5. The first-order chi connectivity index (χ1) is 13.7. The van der Waals surface area contributed by atoms with Crippen molar-refractivity contribution in [3.8, 4) is 0 Å². The summed E-state index contributed by atoms with van der Waals surface area (Å²) in [6.45, 7) is 14.8. The highest BCUT2D eigenvalue weighted by atomic mass is 16.1. The smallest absolute Gasteiger partial charge is 0.133 e. The average molecular weight is 399 g/mol. The van der Waals surface area contributed by atoms with E-state index in [4.69, 9.17) is 0 Å². The van der Waals surface area contributed by atoms with E-state index in [1.807, 2.05) is 0 Å². The molecule has 2 unspecified atom stereocenters. The van der Waals surface area contributed by atoms with Crippen molar-refractivity contribution < 1.29 is 4.79 Å². The maximum atomic E-state index is 12.1. The molecule has 0 bridgehead atoms. The van der Waals surface area contributed by atoms with Gasteiger partial charge in [0.05, 0.1) is 0 Å². The highest BCUT2D eigenvalue weighted by Crippen LogP contribution is 2.68. The summed E-state index contributed by atoms with van der Waals surface area (Å²) in [5.41, 5.74) is 0.994. The summed E-state index contributed by atoms with van der Waals surface area (Å²) in [6.07, 6.45) is 16.5. The maximum Gasteiger partial charge on any atom is 0.133 e. The topological polar surface area (TPSA) is 17.1 Å². The number of ketones is 1. The van der Waals surface area contributed by atoms with Crippen molar-refractivity contribution >= 4 is 5.78 Å². The molecule has 0 amide bonds. The van der Waals surface area contributed by atoms with Gasteiger partial charge in [0, 0.05) is 12.8 Å². The van der Waals surface area contributed by atoms with Gasteiger partial charge in [0.15, 0.2) is 0 Å². The van der Waals surface area contributed by atoms with Crippen LogP contribution >= 0.6 is 0 Å².